The third-order valence-corrected chi connectivity index (χ3v) is 9.18. The SMILES string of the molecule is Cc1c(N(C2CCOCC2)S(=O)(=O)NC(=O)Nc2c3c(cc4c2CCC4)CCC3)cn(C)c1C. The molecule has 2 aromatic rings. The van der Waals surface area contributed by atoms with E-state index >= 15 is 0 Å². The predicted molar refractivity (Wildman–Crippen MR) is 133 cm³/mol. The Bertz CT molecular complexity index is 1200. The van der Waals surface area contributed by atoms with E-state index in [-0.39, 0.29) is 6.04 Å². The van der Waals surface area contributed by atoms with Crippen LogP contribution >= 0.6 is 0 Å². The molecule has 184 valence electrons. The van der Waals surface area contributed by atoms with E-state index in [9.17, 15) is 13.2 Å². The fraction of sp³-hybridized carbons (Fsp3) is 0.560. The second-order valence-corrected chi connectivity index (χ2v) is 11.3. The van der Waals surface area contributed by atoms with Gasteiger partial charge < -0.3 is 14.6 Å². The Labute approximate surface area is 201 Å². The number of benzene rings is 1. The highest BCUT2D eigenvalue weighted by molar-refractivity contribution is 7.91. The Morgan fingerprint density at radius 3 is 2.24 bits per heavy atom. The predicted octanol–water partition coefficient (Wildman–Crippen LogP) is 3.67. The average Bonchev–Trinajstić information content (AvgIpc) is 3.51. The maximum absolute atomic E-state index is 13.7. The van der Waals surface area contributed by atoms with Gasteiger partial charge in [0.05, 0.1) is 11.7 Å². The van der Waals surface area contributed by atoms with E-state index in [0.29, 0.717) is 31.7 Å². The second kappa shape index (κ2) is 8.92. The number of ether oxygens (including phenoxy) is 1. The number of hydrogen-bond acceptors (Lipinski definition) is 4. The van der Waals surface area contributed by atoms with E-state index in [1.165, 1.54) is 26.6 Å². The van der Waals surface area contributed by atoms with Gasteiger partial charge in [0.25, 0.3) is 0 Å². The van der Waals surface area contributed by atoms with E-state index in [1.807, 2.05) is 31.7 Å². The van der Waals surface area contributed by atoms with Crippen LogP contribution in [0, 0.1) is 13.8 Å². The number of carbonyl (C=O) groups is 1. The number of aromatic nitrogens is 1. The molecule has 1 aromatic carbocycles. The van der Waals surface area contributed by atoms with Crippen LogP contribution in [0.5, 0.6) is 0 Å². The Balaban J connectivity index is 1.44. The lowest BCUT2D eigenvalue weighted by molar-refractivity contribution is 0.0875. The first-order chi connectivity index (χ1) is 16.3. The Kier molecular flexibility index (Phi) is 6.10. The zero-order valence-corrected chi connectivity index (χ0v) is 21.1. The molecule has 9 heteroatoms. The van der Waals surface area contributed by atoms with Gasteiger partial charge in [0, 0.05) is 37.8 Å². The van der Waals surface area contributed by atoms with Gasteiger partial charge in [0.15, 0.2) is 0 Å². The molecule has 2 N–H and O–H groups in total. The van der Waals surface area contributed by atoms with Gasteiger partial charge >= 0.3 is 16.2 Å². The summed E-state index contributed by atoms with van der Waals surface area (Å²) in [6.45, 7) is 4.87. The van der Waals surface area contributed by atoms with Crippen LogP contribution in [0.15, 0.2) is 12.3 Å². The quantitative estimate of drug-likeness (QED) is 0.675. The van der Waals surface area contributed by atoms with Crippen molar-refractivity contribution in [2.24, 2.45) is 7.05 Å². The van der Waals surface area contributed by atoms with E-state index in [2.05, 4.69) is 16.1 Å². The maximum atomic E-state index is 13.7. The number of nitrogens with zero attached hydrogens (tertiary/aromatic N) is 2. The lowest BCUT2D eigenvalue weighted by Crippen LogP contribution is -2.51. The van der Waals surface area contributed by atoms with Crippen molar-refractivity contribution < 1.29 is 17.9 Å². The molecule has 34 heavy (non-hydrogen) atoms. The molecular formula is C25H34N4O4S. The van der Waals surface area contributed by atoms with Crippen molar-refractivity contribution in [1.82, 2.24) is 9.29 Å². The van der Waals surface area contributed by atoms with Gasteiger partial charge in [-0.05, 0) is 93.0 Å². The van der Waals surface area contributed by atoms with Crippen LogP contribution in [0.2, 0.25) is 0 Å². The number of fused-ring (bicyclic) bond motifs is 2. The number of anilines is 2. The molecule has 0 saturated carbocycles. The number of urea groups is 1. The topological polar surface area (TPSA) is 92.7 Å². The highest BCUT2D eigenvalue weighted by atomic mass is 32.2. The number of rotatable bonds is 5. The molecule has 1 aromatic heterocycles. The first-order valence-electron chi connectivity index (χ1n) is 12.3. The first kappa shape index (κ1) is 23.2. The number of aryl methyl sites for hydroxylation is 3. The van der Waals surface area contributed by atoms with E-state index in [4.69, 9.17) is 4.74 Å². The highest BCUT2D eigenvalue weighted by Crippen LogP contribution is 2.38. The second-order valence-electron chi connectivity index (χ2n) is 9.77. The molecule has 3 aliphatic rings. The Hall–Kier alpha value is -2.52. The molecule has 0 unspecified atom stereocenters. The van der Waals surface area contributed by atoms with Gasteiger partial charge in [-0.3, -0.25) is 0 Å². The summed E-state index contributed by atoms with van der Waals surface area (Å²) in [4.78, 5) is 13.1. The zero-order chi connectivity index (χ0) is 24.0. The van der Waals surface area contributed by atoms with Crippen molar-refractivity contribution in [3.8, 4) is 0 Å². The molecule has 0 spiro atoms. The minimum absolute atomic E-state index is 0.273. The summed E-state index contributed by atoms with van der Waals surface area (Å²) in [6, 6.07) is 1.32. The molecule has 8 nitrogen and oxygen atoms in total. The van der Waals surface area contributed by atoms with Crippen LogP contribution in [0.3, 0.4) is 0 Å². The summed E-state index contributed by atoms with van der Waals surface area (Å²) in [5.41, 5.74) is 8.23. The third-order valence-electron chi connectivity index (χ3n) is 7.72. The molecule has 1 saturated heterocycles. The molecule has 1 aliphatic heterocycles. The number of amides is 2. The lowest BCUT2D eigenvalue weighted by Gasteiger charge is -2.34. The highest BCUT2D eigenvalue weighted by Gasteiger charge is 2.35. The zero-order valence-electron chi connectivity index (χ0n) is 20.2. The maximum Gasteiger partial charge on any atom is 0.334 e. The van der Waals surface area contributed by atoms with Crippen LogP contribution in [0.1, 0.15) is 59.2 Å². The van der Waals surface area contributed by atoms with Gasteiger partial charge in [-0.2, -0.15) is 8.42 Å². The molecule has 5 rings (SSSR count). The van der Waals surface area contributed by atoms with E-state index < -0.39 is 16.2 Å². The Morgan fingerprint density at radius 1 is 1.06 bits per heavy atom. The monoisotopic (exact) mass is 486 g/mol. The molecule has 2 amide bonds. The normalized spacial score (nSPS) is 18.0. The molecule has 0 atom stereocenters. The summed E-state index contributed by atoms with van der Waals surface area (Å²) in [5.74, 6) is 0. The molecule has 0 bridgehead atoms. The number of nitrogens with one attached hydrogen (secondary N) is 2. The van der Waals surface area contributed by atoms with Crippen molar-refractivity contribution in [3.05, 3.63) is 45.8 Å². The minimum atomic E-state index is -4.15. The van der Waals surface area contributed by atoms with Gasteiger partial charge in [-0.1, -0.05) is 6.07 Å². The van der Waals surface area contributed by atoms with E-state index in [0.717, 1.165) is 55.5 Å². The summed E-state index contributed by atoms with van der Waals surface area (Å²) in [7, 11) is -2.25. The van der Waals surface area contributed by atoms with Crippen molar-refractivity contribution in [3.63, 3.8) is 0 Å². The molecule has 0 radical (unpaired) electrons. The Morgan fingerprint density at radius 2 is 1.68 bits per heavy atom. The molecule has 2 heterocycles. The molecular weight excluding hydrogens is 452 g/mol. The van der Waals surface area contributed by atoms with Crippen LogP contribution in [0.4, 0.5) is 16.2 Å². The smallest absolute Gasteiger partial charge is 0.334 e. The van der Waals surface area contributed by atoms with Crippen LogP contribution in [0.25, 0.3) is 0 Å². The van der Waals surface area contributed by atoms with Gasteiger partial charge in [0.1, 0.15) is 0 Å². The number of carbonyl (C=O) groups excluding carboxylic acids is 1. The third kappa shape index (κ3) is 4.09. The largest absolute Gasteiger partial charge is 0.381 e. The van der Waals surface area contributed by atoms with Crippen molar-refractivity contribution in [2.75, 3.05) is 22.8 Å². The average molecular weight is 487 g/mol. The minimum Gasteiger partial charge on any atom is -0.381 e. The number of hydrogen-bond donors (Lipinski definition) is 2. The van der Waals surface area contributed by atoms with E-state index in [1.54, 1.807) is 0 Å². The fourth-order valence-electron chi connectivity index (χ4n) is 5.76. The van der Waals surface area contributed by atoms with Crippen molar-refractivity contribution in [2.45, 2.75) is 71.3 Å². The summed E-state index contributed by atoms with van der Waals surface area (Å²) in [6.07, 6.45) is 8.99. The van der Waals surface area contributed by atoms with Gasteiger partial charge in [0.2, 0.25) is 0 Å². The summed E-state index contributed by atoms with van der Waals surface area (Å²) in [5, 5.41) is 2.95. The van der Waals surface area contributed by atoms with Crippen molar-refractivity contribution in [1.29, 1.82) is 0 Å². The fourth-order valence-corrected chi connectivity index (χ4v) is 7.19. The van der Waals surface area contributed by atoms with Crippen molar-refractivity contribution >= 4 is 27.6 Å². The molecule has 1 fully saturated rings. The summed E-state index contributed by atoms with van der Waals surface area (Å²) >= 11 is 0. The molecule has 2 aliphatic carbocycles. The standard InChI is InChI=1S/C25H34N4O4S/c1-16-17(2)28(3)15-23(16)29(20-10-12-33-13-11-20)34(31,32)27-25(30)26-24-21-8-4-6-18(21)14-19-7-5-9-22(19)24/h14-15,20H,4-13H2,1-3H3,(H2,26,27,30). The first-order valence-corrected chi connectivity index (χ1v) is 13.7. The van der Waals surface area contributed by atoms with Crippen LogP contribution in [-0.4, -0.2) is 38.3 Å². The summed E-state index contributed by atoms with van der Waals surface area (Å²) < 4.78 is 38.5. The lowest BCUT2D eigenvalue weighted by atomic mass is 9.99. The van der Waals surface area contributed by atoms with Crippen LogP contribution < -0.4 is 14.3 Å². The van der Waals surface area contributed by atoms with Crippen LogP contribution in [-0.2, 0) is 47.7 Å². The van der Waals surface area contributed by atoms with Gasteiger partial charge in [-0.15, -0.1) is 0 Å². The van der Waals surface area contributed by atoms with Gasteiger partial charge in [-0.25, -0.2) is 13.8 Å².